The average molecular weight is 440 g/mol. The van der Waals surface area contributed by atoms with E-state index in [0.29, 0.717) is 44.2 Å². The quantitative estimate of drug-likeness (QED) is 0.658. The predicted octanol–water partition coefficient (Wildman–Crippen LogP) is 2.77. The summed E-state index contributed by atoms with van der Waals surface area (Å²) in [5.74, 6) is 0.545. The maximum absolute atomic E-state index is 12.5. The van der Waals surface area contributed by atoms with Gasteiger partial charge in [-0.15, -0.1) is 0 Å². The second kappa shape index (κ2) is 11.0. The lowest BCUT2D eigenvalue weighted by molar-refractivity contribution is -0.114. The van der Waals surface area contributed by atoms with Crippen molar-refractivity contribution in [1.29, 1.82) is 0 Å². The minimum Gasteiger partial charge on any atom is -0.491 e. The van der Waals surface area contributed by atoms with Gasteiger partial charge in [-0.1, -0.05) is 6.07 Å². The number of anilines is 2. The van der Waals surface area contributed by atoms with Crippen LogP contribution in [0.25, 0.3) is 0 Å². The maximum Gasteiger partial charge on any atom is 0.254 e. The standard InChI is InChI=1S/C24H29N3O5/c28-23(16-25-20-3-1-4-21(15-20)32-17-22-5-2-12-31-22)26-19-8-6-18(7-9-19)24(29)27-10-13-30-14-11-27/h1,3-4,6-9,15,22,25H,2,5,10-14,16-17H2,(H,26,28). The summed E-state index contributed by atoms with van der Waals surface area (Å²) >= 11 is 0. The Labute approximate surface area is 187 Å². The normalized spacial score (nSPS) is 18.2. The molecule has 2 aliphatic heterocycles. The topological polar surface area (TPSA) is 89.1 Å². The Morgan fingerprint density at radius 2 is 1.84 bits per heavy atom. The number of hydrogen-bond acceptors (Lipinski definition) is 6. The van der Waals surface area contributed by atoms with Crippen LogP contribution in [-0.2, 0) is 14.3 Å². The summed E-state index contributed by atoms with van der Waals surface area (Å²) in [5, 5.41) is 5.95. The molecule has 2 heterocycles. The number of carbonyl (C=O) groups is 2. The molecule has 2 aliphatic rings. The van der Waals surface area contributed by atoms with E-state index in [1.807, 2.05) is 24.3 Å². The van der Waals surface area contributed by atoms with Crippen LogP contribution in [-0.4, -0.2) is 68.9 Å². The van der Waals surface area contributed by atoms with Crippen LogP contribution < -0.4 is 15.4 Å². The number of rotatable bonds is 8. The number of amides is 2. The summed E-state index contributed by atoms with van der Waals surface area (Å²) in [6.07, 6.45) is 2.27. The lowest BCUT2D eigenvalue weighted by Gasteiger charge is -2.26. The van der Waals surface area contributed by atoms with Crippen molar-refractivity contribution in [2.24, 2.45) is 0 Å². The monoisotopic (exact) mass is 439 g/mol. The molecule has 0 bridgehead atoms. The summed E-state index contributed by atoms with van der Waals surface area (Å²) in [6, 6.07) is 14.5. The molecule has 8 heteroatoms. The summed E-state index contributed by atoms with van der Waals surface area (Å²) in [7, 11) is 0. The number of ether oxygens (including phenoxy) is 3. The molecule has 0 aliphatic carbocycles. The van der Waals surface area contributed by atoms with Gasteiger partial charge in [0.2, 0.25) is 5.91 Å². The van der Waals surface area contributed by atoms with Crippen molar-refractivity contribution in [3.63, 3.8) is 0 Å². The van der Waals surface area contributed by atoms with E-state index in [2.05, 4.69) is 10.6 Å². The van der Waals surface area contributed by atoms with E-state index < -0.39 is 0 Å². The van der Waals surface area contributed by atoms with Gasteiger partial charge in [0.25, 0.3) is 5.91 Å². The SMILES string of the molecule is O=C(CNc1cccc(OCC2CCCO2)c1)Nc1ccc(C(=O)N2CCOCC2)cc1. The molecule has 0 radical (unpaired) electrons. The van der Waals surface area contributed by atoms with Crippen LogP contribution >= 0.6 is 0 Å². The smallest absolute Gasteiger partial charge is 0.254 e. The molecule has 4 rings (SSSR count). The lowest BCUT2D eigenvalue weighted by atomic mass is 10.1. The van der Waals surface area contributed by atoms with E-state index >= 15 is 0 Å². The fraction of sp³-hybridized carbons (Fsp3) is 0.417. The van der Waals surface area contributed by atoms with Crippen LogP contribution in [0, 0.1) is 0 Å². The Morgan fingerprint density at radius 1 is 1.03 bits per heavy atom. The zero-order valence-electron chi connectivity index (χ0n) is 18.0. The van der Waals surface area contributed by atoms with Gasteiger partial charge in [0.05, 0.1) is 25.9 Å². The molecule has 2 amide bonds. The third-order valence-electron chi connectivity index (χ3n) is 5.46. The van der Waals surface area contributed by atoms with E-state index in [0.717, 1.165) is 30.9 Å². The molecular formula is C24H29N3O5. The van der Waals surface area contributed by atoms with Gasteiger partial charge in [-0.2, -0.15) is 0 Å². The predicted molar refractivity (Wildman–Crippen MR) is 121 cm³/mol. The molecule has 8 nitrogen and oxygen atoms in total. The maximum atomic E-state index is 12.5. The van der Waals surface area contributed by atoms with Crippen molar-refractivity contribution in [1.82, 2.24) is 4.90 Å². The van der Waals surface area contributed by atoms with E-state index in [-0.39, 0.29) is 24.5 Å². The second-order valence-corrected chi connectivity index (χ2v) is 7.86. The first-order valence-corrected chi connectivity index (χ1v) is 11.0. The summed E-state index contributed by atoms with van der Waals surface area (Å²) < 4.78 is 16.7. The van der Waals surface area contributed by atoms with Gasteiger partial charge in [0.1, 0.15) is 12.4 Å². The van der Waals surface area contributed by atoms with E-state index in [1.165, 1.54) is 0 Å². The van der Waals surface area contributed by atoms with Gasteiger partial charge >= 0.3 is 0 Å². The van der Waals surface area contributed by atoms with Crippen LogP contribution in [0.15, 0.2) is 48.5 Å². The van der Waals surface area contributed by atoms with Crippen molar-refractivity contribution < 1.29 is 23.8 Å². The largest absolute Gasteiger partial charge is 0.491 e. The molecular weight excluding hydrogens is 410 g/mol. The molecule has 0 saturated carbocycles. The summed E-state index contributed by atoms with van der Waals surface area (Å²) in [4.78, 5) is 26.6. The third kappa shape index (κ3) is 6.21. The second-order valence-electron chi connectivity index (χ2n) is 7.86. The highest BCUT2D eigenvalue weighted by Crippen LogP contribution is 2.20. The van der Waals surface area contributed by atoms with Crippen molar-refractivity contribution in [2.45, 2.75) is 18.9 Å². The Kier molecular flexibility index (Phi) is 7.58. The number of benzene rings is 2. The van der Waals surface area contributed by atoms with Gasteiger partial charge in [0, 0.05) is 42.7 Å². The number of hydrogen-bond donors (Lipinski definition) is 2. The molecule has 2 N–H and O–H groups in total. The number of nitrogens with one attached hydrogen (secondary N) is 2. The highest BCUT2D eigenvalue weighted by Gasteiger charge is 2.18. The molecule has 2 saturated heterocycles. The molecule has 32 heavy (non-hydrogen) atoms. The van der Waals surface area contributed by atoms with Crippen molar-refractivity contribution in [3.8, 4) is 5.75 Å². The number of morpholine rings is 1. The average Bonchev–Trinajstić information content (AvgIpc) is 3.36. The fourth-order valence-corrected chi connectivity index (χ4v) is 3.69. The van der Waals surface area contributed by atoms with Gasteiger partial charge < -0.3 is 29.7 Å². The Bertz CT molecular complexity index is 906. The molecule has 2 aromatic carbocycles. The van der Waals surface area contributed by atoms with Crippen LogP contribution in [0.3, 0.4) is 0 Å². The summed E-state index contributed by atoms with van der Waals surface area (Å²) in [5.41, 5.74) is 2.04. The molecule has 170 valence electrons. The summed E-state index contributed by atoms with van der Waals surface area (Å²) in [6.45, 7) is 3.79. The van der Waals surface area contributed by atoms with E-state index in [9.17, 15) is 9.59 Å². The Morgan fingerprint density at radius 3 is 2.59 bits per heavy atom. The third-order valence-corrected chi connectivity index (χ3v) is 5.46. The van der Waals surface area contributed by atoms with Crippen molar-refractivity contribution >= 4 is 23.2 Å². The molecule has 2 aromatic rings. The Balaban J connectivity index is 1.23. The minimum absolute atomic E-state index is 0.0190. The zero-order valence-corrected chi connectivity index (χ0v) is 18.0. The van der Waals surface area contributed by atoms with E-state index in [4.69, 9.17) is 14.2 Å². The highest BCUT2D eigenvalue weighted by atomic mass is 16.5. The van der Waals surface area contributed by atoms with Crippen LogP contribution in [0.1, 0.15) is 23.2 Å². The van der Waals surface area contributed by atoms with Crippen LogP contribution in [0.4, 0.5) is 11.4 Å². The van der Waals surface area contributed by atoms with Gasteiger partial charge in [-0.05, 0) is 49.2 Å². The fourth-order valence-electron chi connectivity index (χ4n) is 3.69. The van der Waals surface area contributed by atoms with E-state index in [1.54, 1.807) is 29.2 Å². The van der Waals surface area contributed by atoms with Crippen LogP contribution in [0.2, 0.25) is 0 Å². The first-order chi connectivity index (χ1) is 15.7. The molecule has 0 spiro atoms. The molecule has 1 unspecified atom stereocenters. The van der Waals surface area contributed by atoms with Crippen molar-refractivity contribution in [3.05, 3.63) is 54.1 Å². The number of carbonyl (C=O) groups excluding carboxylic acids is 2. The van der Waals surface area contributed by atoms with Crippen LogP contribution in [0.5, 0.6) is 5.75 Å². The molecule has 1 atom stereocenters. The lowest BCUT2D eigenvalue weighted by Crippen LogP contribution is -2.40. The molecule has 2 fully saturated rings. The number of nitrogens with zero attached hydrogens (tertiary/aromatic N) is 1. The van der Waals surface area contributed by atoms with Gasteiger partial charge in [0.15, 0.2) is 0 Å². The Hall–Kier alpha value is -3.10. The zero-order chi connectivity index (χ0) is 22.2. The van der Waals surface area contributed by atoms with Crippen molar-refractivity contribution in [2.75, 3.05) is 56.7 Å². The first-order valence-electron chi connectivity index (χ1n) is 11.0. The van der Waals surface area contributed by atoms with Gasteiger partial charge in [-0.3, -0.25) is 9.59 Å². The molecule has 0 aromatic heterocycles. The van der Waals surface area contributed by atoms with Gasteiger partial charge in [-0.25, -0.2) is 0 Å². The minimum atomic E-state index is -0.178. The first kappa shape index (κ1) is 22.1. The highest BCUT2D eigenvalue weighted by molar-refractivity contribution is 5.96.